The Morgan fingerprint density at radius 1 is 1.11 bits per heavy atom. The molecule has 2 aromatic carbocycles. The Labute approximate surface area is 157 Å². The molecule has 0 aliphatic carbocycles. The van der Waals surface area contributed by atoms with Crippen LogP contribution in [0.4, 0.5) is 5.69 Å². The lowest BCUT2D eigenvalue weighted by molar-refractivity contribution is -0.158. The van der Waals surface area contributed by atoms with Crippen LogP contribution in [0.15, 0.2) is 54.6 Å². The number of anilines is 1. The topological polar surface area (TPSA) is 84.5 Å². The van der Waals surface area contributed by atoms with Gasteiger partial charge in [-0.05, 0) is 25.0 Å². The molecule has 2 aromatic rings. The van der Waals surface area contributed by atoms with Gasteiger partial charge in [-0.25, -0.2) is 0 Å². The van der Waals surface area contributed by atoms with Gasteiger partial charge in [-0.2, -0.15) is 0 Å². The molecule has 3 rings (SSSR count). The Morgan fingerprint density at radius 2 is 1.81 bits per heavy atom. The first-order chi connectivity index (χ1) is 13.0. The maximum Gasteiger partial charge on any atom is 0.311 e. The molecule has 2 amide bonds. The van der Waals surface area contributed by atoms with E-state index < -0.39 is 23.9 Å². The molecule has 6 nitrogen and oxygen atoms in total. The van der Waals surface area contributed by atoms with E-state index in [-0.39, 0.29) is 12.5 Å². The zero-order valence-electron chi connectivity index (χ0n) is 15.1. The van der Waals surface area contributed by atoms with Crippen LogP contribution in [0, 0.1) is 5.92 Å². The molecular formula is C21H22N2O4. The quantitative estimate of drug-likeness (QED) is 0.797. The summed E-state index contributed by atoms with van der Waals surface area (Å²) in [5.41, 5.74) is 2.53. The Kier molecular flexibility index (Phi) is 5.86. The van der Waals surface area contributed by atoms with Gasteiger partial charge in [-0.15, -0.1) is 0 Å². The van der Waals surface area contributed by atoms with Crippen LogP contribution < -0.4 is 10.6 Å². The Hall–Kier alpha value is -3.15. The van der Waals surface area contributed by atoms with E-state index in [0.29, 0.717) is 18.5 Å². The van der Waals surface area contributed by atoms with E-state index in [1.54, 1.807) is 6.92 Å². The first kappa shape index (κ1) is 18.6. The number of hydrogen-bond acceptors (Lipinski definition) is 4. The average Bonchev–Trinajstić information content (AvgIpc) is 2.69. The fourth-order valence-corrected chi connectivity index (χ4v) is 2.95. The number of carbonyl (C=O) groups excluding carboxylic acids is 3. The lowest BCUT2D eigenvalue weighted by Gasteiger charge is -2.23. The van der Waals surface area contributed by atoms with Crippen molar-refractivity contribution in [2.45, 2.75) is 25.9 Å². The largest absolute Gasteiger partial charge is 0.452 e. The molecular weight excluding hydrogens is 344 g/mol. The number of esters is 1. The number of piperidine rings is 1. The van der Waals surface area contributed by atoms with E-state index in [9.17, 15) is 14.4 Å². The molecule has 1 saturated heterocycles. The number of carbonyl (C=O) groups is 3. The van der Waals surface area contributed by atoms with Gasteiger partial charge in [0.1, 0.15) is 0 Å². The van der Waals surface area contributed by atoms with Gasteiger partial charge in [0.25, 0.3) is 5.91 Å². The zero-order chi connectivity index (χ0) is 19.2. The van der Waals surface area contributed by atoms with Crippen LogP contribution in [-0.2, 0) is 19.1 Å². The van der Waals surface area contributed by atoms with Crippen molar-refractivity contribution in [3.8, 4) is 11.1 Å². The summed E-state index contributed by atoms with van der Waals surface area (Å²) in [6.07, 6.45) is -0.195. The van der Waals surface area contributed by atoms with Gasteiger partial charge in [0.2, 0.25) is 5.91 Å². The molecule has 140 valence electrons. The van der Waals surface area contributed by atoms with Crippen LogP contribution in [0.1, 0.15) is 19.8 Å². The van der Waals surface area contributed by atoms with Crippen molar-refractivity contribution in [3.05, 3.63) is 54.6 Å². The van der Waals surface area contributed by atoms with Crippen LogP contribution >= 0.6 is 0 Å². The molecule has 1 aliphatic rings. The number of ether oxygens (including phenoxy) is 1. The van der Waals surface area contributed by atoms with Crippen molar-refractivity contribution in [3.63, 3.8) is 0 Å². The molecule has 0 radical (unpaired) electrons. The highest BCUT2D eigenvalue weighted by molar-refractivity contribution is 5.98. The molecule has 0 unspecified atom stereocenters. The van der Waals surface area contributed by atoms with E-state index >= 15 is 0 Å². The number of para-hydroxylation sites is 1. The molecule has 27 heavy (non-hydrogen) atoms. The van der Waals surface area contributed by atoms with Crippen molar-refractivity contribution in [1.29, 1.82) is 0 Å². The molecule has 6 heteroatoms. The monoisotopic (exact) mass is 366 g/mol. The molecule has 2 N–H and O–H groups in total. The first-order valence-electron chi connectivity index (χ1n) is 8.97. The predicted octanol–water partition coefficient (Wildman–Crippen LogP) is 2.75. The summed E-state index contributed by atoms with van der Waals surface area (Å²) in [6, 6.07) is 17.2. The highest BCUT2D eigenvalue weighted by Crippen LogP contribution is 2.27. The van der Waals surface area contributed by atoms with Gasteiger partial charge in [0.15, 0.2) is 6.10 Å². The minimum atomic E-state index is -0.932. The standard InChI is InChI=1S/C21H22N2O4/c1-14(27-21(26)16-11-12-19(24)22-13-16)20(25)23-18-10-6-5-9-17(18)15-7-3-2-4-8-15/h2-10,14,16H,11-13H2,1H3,(H,22,24)(H,23,25)/t14-,16+/m1/s1. The minimum Gasteiger partial charge on any atom is -0.452 e. The van der Waals surface area contributed by atoms with Crippen LogP contribution in [0.5, 0.6) is 0 Å². The zero-order valence-corrected chi connectivity index (χ0v) is 15.1. The number of amides is 2. The first-order valence-corrected chi connectivity index (χ1v) is 8.97. The average molecular weight is 366 g/mol. The summed E-state index contributed by atoms with van der Waals surface area (Å²) in [5.74, 6) is -1.34. The van der Waals surface area contributed by atoms with E-state index in [1.165, 1.54) is 0 Å². The second kappa shape index (κ2) is 8.49. The molecule has 0 saturated carbocycles. The third-order valence-electron chi connectivity index (χ3n) is 4.53. The third kappa shape index (κ3) is 4.73. The van der Waals surface area contributed by atoms with Crippen molar-refractivity contribution in [2.75, 3.05) is 11.9 Å². The molecule has 0 aromatic heterocycles. The maximum atomic E-state index is 12.5. The maximum absolute atomic E-state index is 12.5. The van der Waals surface area contributed by atoms with E-state index in [0.717, 1.165) is 11.1 Å². The minimum absolute atomic E-state index is 0.0673. The second-order valence-electron chi connectivity index (χ2n) is 6.52. The Bertz CT molecular complexity index is 825. The molecule has 0 bridgehead atoms. The Balaban J connectivity index is 1.64. The predicted molar refractivity (Wildman–Crippen MR) is 102 cm³/mol. The van der Waals surface area contributed by atoms with Gasteiger partial charge in [0.05, 0.1) is 5.92 Å². The van der Waals surface area contributed by atoms with Gasteiger partial charge in [-0.3, -0.25) is 14.4 Å². The summed E-state index contributed by atoms with van der Waals surface area (Å²) in [5, 5.41) is 5.48. The number of rotatable bonds is 5. The summed E-state index contributed by atoms with van der Waals surface area (Å²) >= 11 is 0. The van der Waals surface area contributed by atoms with Crippen LogP contribution in [0.3, 0.4) is 0 Å². The molecule has 1 aliphatic heterocycles. The van der Waals surface area contributed by atoms with Crippen molar-refractivity contribution < 1.29 is 19.1 Å². The second-order valence-corrected chi connectivity index (χ2v) is 6.52. The smallest absolute Gasteiger partial charge is 0.311 e. The number of nitrogens with one attached hydrogen (secondary N) is 2. The SMILES string of the molecule is C[C@@H](OC(=O)[C@H]1CCC(=O)NC1)C(=O)Nc1ccccc1-c1ccccc1. The molecule has 0 spiro atoms. The highest BCUT2D eigenvalue weighted by Gasteiger charge is 2.28. The molecule has 1 heterocycles. The van der Waals surface area contributed by atoms with E-state index in [4.69, 9.17) is 4.74 Å². The van der Waals surface area contributed by atoms with Crippen LogP contribution in [0.2, 0.25) is 0 Å². The van der Waals surface area contributed by atoms with Crippen LogP contribution in [0.25, 0.3) is 11.1 Å². The van der Waals surface area contributed by atoms with E-state index in [2.05, 4.69) is 10.6 Å². The van der Waals surface area contributed by atoms with Crippen molar-refractivity contribution in [1.82, 2.24) is 5.32 Å². The molecule has 2 atom stereocenters. The van der Waals surface area contributed by atoms with Gasteiger partial charge < -0.3 is 15.4 Å². The number of hydrogen-bond donors (Lipinski definition) is 2. The van der Waals surface area contributed by atoms with Gasteiger partial charge in [-0.1, -0.05) is 48.5 Å². The molecule has 1 fully saturated rings. The van der Waals surface area contributed by atoms with Gasteiger partial charge >= 0.3 is 5.97 Å². The summed E-state index contributed by atoms with van der Waals surface area (Å²) in [6.45, 7) is 1.79. The lowest BCUT2D eigenvalue weighted by Crippen LogP contribution is -2.41. The number of benzene rings is 2. The summed E-state index contributed by atoms with van der Waals surface area (Å²) in [7, 11) is 0. The lowest BCUT2D eigenvalue weighted by atomic mass is 9.99. The van der Waals surface area contributed by atoms with Gasteiger partial charge in [0, 0.05) is 24.2 Å². The van der Waals surface area contributed by atoms with Crippen molar-refractivity contribution in [2.24, 2.45) is 5.92 Å². The summed E-state index contributed by atoms with van der Waals surface area (Å²) in [4.78, 5) is 35.9. The van der Waals surface area contributed by atoms with Crippen LogP contribution in [-0.4, -0.2) is 30.4 Å². The highest BCUT2D eigenvalue weighted by atomic mass is 16.5. The third-order valence-corrected chi connectivity index (χ3v) is 4.53. The fraction of sp³-hybridized carbons (Fsp3) is 0.286. The fourth-order valence-electron chi connectivity index (χ4n) is 2.95. The Morgan fingerprint density at radius 3 is 2.52 bits per heavy atom. The summed E-state index contributed by atoms with van der Waals surface area (Å²) < 4.78 is 5.30. The van der Waals surface area contributed by atoms with E-state index in [1.807, 2.05) is 54.6 Å². The normalized spacial score (nSPS) is 17.5. The van der Waals surface area contributed by atoms with Crippen molar-refractivity contribution >= 4 is 23.5 Å².